The van der Waals surface area contributed by atoms with Crippen molar-refractivity contribution in [2.75, 3.05) is 20.1 Å². The summed E-state index contributed by atoms with van der Waals surface area (Å²) in [6.45, 7) is 2.28. The monoisotopic (exact) mass is 129 g/mol. The van der Waals surface area contributed by atoms with Crippen molar-refractivity contribution < 1.29 is 0 Å². The van der Waals surface area contributed by atoms with Crippen LogP contribution in [0.4, 0.5) is 0 Å². The van der Waals surface area contributed by atoms with Gasteiger partial charge in [-0.15, -0.1) is 0 Å². The highest BCUT2D eigenvalue weighted by Gasteiger charge is 2.09. The summed E-state index contributed by atoms with van der Waals surface area (Å²) in [5, 5.41) is 3.32. The Balaban J connectivity index is 2.08. The van der Waals surface area contributed by atoms with Crippen LogP contribution in [0.25, 0.3) is 0 Å². The van der Waals surface area contributed by atoms with Gasteiger partial charge in [0.25, 0.3) is 0 Å². The van der Waals surface area contributed by atoms with Gasteiger partial charge in [-0.1, -0.05) is 0 Å². The number of nitrogens with one attached hydrogen (secondary N) is 3. The van der Waals surface area contributed by atoms with Gasteiger partial charge in [0, 0.05) is 12.6 Å². The summed E-state index contributed by atoms with van der Waals surface area (Å²) in [5.74, 6) is 0. The highest BCUT2D eigenvalue weighted by Crippen LogP contribution is 1.98. The molecule has 54 valence electrons. The molecule has 0 aliphatic carbocycles. The quantitative estimate of drug-likeness (QED) is 0.438. The van der Waals surface area contributed by atoms with Crippen LogP contribution in [-0.4, -0.2) is 26.2 Å². The molecule has 3 nitrogen and oxygen atoms in total. The van der Waals surface area contributed by atoms with Crippen molar-refractivity contribution in [1.82, 2.24) is 16.2 Å². The Labute approximate surface area is 56.2 Å². The van der Waals surface area contributed by atoms with Crippen LogP contribution < -0.4 is 16.2 Å². The van der Waals surface area contributed by atoms with Crippen molar-refractivity contribution >= 4 is 0 Å². The molecule has 1 heterocycles. The fourth-order valence-corrected chi connectivity index (χ4v) is 1.18. The van der Waals surface area contributed by atoms with Crippen molar-refractivity contribution in [3.8, 4) is 0 Å². The zero-order chi connectivity index (χ0) is 6.53. The van der Waals surface area contributed by atoms with Crippen molar-refractivity contribution in [2.24, 2.45) is 0 Å². The first-order valence-electron chi connectivity index (χ1n) is 3.56. The molecule has 0 saturated carbocycles. The molecule has 3 heteroatoms. The maximum atomic E-state index is 3.32. The Morgan fingerprint density at radius 3 is 3.00 bits per heavy atom. The largest absolute Gasteiger partial charge is 0.315 e. The molecule has 1 unspecified atom stereocenters. The lowest BCUT2D eigenvalue weighted by Crippen LogP contribution is -2.47. The zero-order valence-electron chi connectivity index (χ0n) is 5.91. The van der Waals surface area contributed by atoms with Gasteiger partial charge in [-0.3, -0.25) is 10.9 Å². The van der Waals surface area contributed by atoms with Crippen LogP contribution in [0.15, 0.2) is 0 Å². The van der Waals surface area contributed by atoms with E-state index in [4.69, 9.17) is 0 Å². The van der Waals surface area contributed by atoms with Crippen LogP contribution >= 0.6 is 0 Å². The third-order valence-corrected chi connectivity index (χ3v) is 1.65. The van der Waals surface area contributed by atoms with E-state index in [0.717, 1.165) is 6.54 Å². The number of hydrogen-bond donors (Lipinski definition) is 3. The minimum Gasteiger partial charge on any atom is -0.315 e. The van der Waals surface area contributed by atoms with Gasteiger partial charge in [0.2, 0.25) is 0 Å². The second-order valence-corrected chi connectivity index (χ2v) is 2.44. The third kappa shape index (κ3) is 2.30. The Kier molecular flexibility index (Phi) is 2.97. The summed E-state index contributed by atoms with van der Waals surface area (Å²) >= 11 is 0. The summed E-state index contributed by atoms with van der Waals surface area (Å²) in [6, 6.07) is 0.628. The molecule has 0 bridgehead atoms. The molecule has 1 atom stereocenters. The van der Waals surface area contributed by atoms with E-state index < -0.39 is 0 Å². The Morgan fingerprint density at radius 2 is 2.44 bits per heavy atom. The number of hydrazine groups is 1. The second-order valence-electron chi connectivity index (χ2n) is 2.44. The molecule has 1 rings (SSSR count). The van der Waals surface area contributed by atoms with Gasteiger partial charge in [-0.2, -0.15) is 0 Å². The first kappa shape index (κ1) is 6.99. The van der Waals surface area contributed by atoms with Crippen molar-refractivity contribution in [1.29, 1.82) is 0 Å². The predicted molar refractivity (Wildman–Crippen MR) is 38.1 cm³/mol. The van der Waals surface area contributed by atoms with Gasteiger partial charge < -0.3 is 5.32 Å². The molecule has 0 radical (unpaired) electrons. The maximum Gasteiger partial charge on any atom is 0.0338 e. The topological polar surface area (TPSA) is 36.1 Å². The molecule has 0 aromatic rings. The summed E-state index contributed by atoms with van der Waals surface area (Å²) in [5.41, 5.74) is 6.12. The van der Waals surface area contributed by atoms with E-state index in [1.807, 2.05) is 7.05 Å². The van der Waals surface area contributed by atoms with Gasteiger partial charge in [0.1, 0.15) is 0 Å². The Morgan fingerprint density at radius 1 is 1.56 bits per heavy atom. The molecule has 0 spiro atoms. The molecule has 0 aromatic carbocycles. The first-order valence-corrected chi connectivity index (χ1v) is 3.56. The number of rotatable bonds is 2. The lowest BCUT2D eigenvalue weighted by Gasteiger charge is -2.22. The molecular weight excluding hydrogens is 114 g/mol. The van der Waals surface area contributed by atoms with Crippen molar-refractivity contribution in [3.05, 3.63) is 0 Å². The maximum absolute atomic E-state index is 3.32. The average Bonchev–Trinajstić information content (AvgIpc) is 1.91. The van der Waals surface area contributed by atoms with E-state index in [1.54, 1.807) is 0 Å². The third-order valence-electron chi connectivity index (χ3n) is 1.65. The van der Waals surface area contributed by atoms with E-state index in [0.29, 0.717) is 6.04 Å². The average molecular weight is 129 g/mol. The Hall–Kier alpha value is -0.120. The lowest BCUT2D eigenvalue weighted by molar-refractivity contribution is 0.363. The van der Waals surface area contributed by atoms with E-state index in [2.05, 4.69) is 16.2 Å². The van der Waals surface area contributed by atoms with Gasteiger partial charge in [0.15, 0.2) is 0 Å². The second kappa shape index (κ2) is 3.82. The van der Waals surface area contributed by atoms with E-state index >= 15 is 0 Å². The minimum atomic E-state index is 0.628. The van der Waals surface area contributed by atoms with Crippen LogP contribution in [0, 0.1) is 0 Å². The minimum absolute atomic E-state index is 0.628. The van der Waals surface area contributed by atoms with Crippen LogP contribution in [-0.2, 0) is 0 Å². The molecule has 9 heavy (non-hydrogen) atoms. The molecule has 0 amide bonds. The molecule has 1 aliphatic heterocycles. The Bertz CT molecular complexity index is 65.9. The molecule has 1 saturated heterocycles. The van der Waals surface area contributed by atoms with Crippen LogP contribution in [0.1, 0.15) is 12.8 Å². The fourth-order valence-electron chi connectivity index (χ4n) is 1.18. The highest BCUT2D eigenvalue weighted by atomic mass is 15.4. The highest BCUT2D eigenvalue weighted by molar-refractivity contribution is 4.72. The SMILES string of the molecule is CNNC1CCCNC1. The summed E-state index contributed by atoms with van der Waals surface area (Å²) < 4.78 is 0. The summed E-state index contributed by atoms with van der Waals surface area (Å²) in [6.07, 6.45) is 2.58. The number of hydrogen-bond acceptors (Lipinski definition) is 3. The van der Waals surface area contributed by atoms with Crippen molar-refractivity contribution in [3.63, 3.8) is 0 Å². The predicted octanol–water partition coefficient (Wildman–Crippen LogP) is -0.538. The molecule has 0 aromatic heterocycles. The lowest BCUT2D eigenvalue weighted by atomic mass is 10.1. The molecule has 3 N–H and O–H groups in total. The smallest absolute Gasteiger partial charge is 0.0338 e. The summed E-state index contributed by atoms with van der Waals surface area (Å²) in [4.78, 5) is 0. The molecule has 1 fully saturated rings. The van der Waals surface area contributed by atoms with Crippen LogP contribution in [0.2, 0.25) is 0 Å². The van der Waals surface area contributed by atoms with Crippen LogP contribution in [0.5, 0.6) is 0 Å². The fraction of sp³-hybridized carbons (Fsp3) is 1.00. The van der Waals surface area contributed by atoms with Gasteiger partial charge in [-0.25, -0.2) is 0 Å². The normalized spacial score (nSPS) is 28.3. The molecular formula is C6H15N3. The summed E-state index contributed by atoms with van der Waals surface area (Å²) in [7, 11) is 1.91. The van der Waals surface area contributed by atoms with E-state index in [1.165, 1.54) is 19.4 Å². The first-order chi connectivity index (χ1) is 4.43. The van der Waals surface area contributed by atoms with Crippen molar-refractivity contribution in [2.45, 2.75) is 18.9 Å². The van der Waals surface area contributed by atoms with Gasteiger partial charge in [-0.05, 0) is 26.4 Å². The van der Waals surface area contributed by atoms with Crippen LogP contribution in [0.3, 0.4) is 0 Å². The van der Waals surface area contributed by atoms with Gasteiger partial charge in [0.05, 0.1) is 0 Å². The zero-order valence-corrected chi connectivity index (χ0v) is 5.91. The molecule has 1 aliphatic rings. The number of piperidine rings is 1. The van der Waals surface area contributed by atoms with E-state index in [-0.39, 0.29) is 0 Å². The van der Waals surface area contributed by atoms with E-state index in [9.17, 15) is 0 Å². The standard InChI is InChI=1S/C6H15N3/c1-7-9-6-3-2-4-8-5-6/h6-9H,2-5H2,1H3. The van der Waals surface area contributed by atoms with Gasteiger partial charge >= 0.3 is 0 Å².